The first-order valence-electron chi connectivity index (χ1n) is 8.85. The summed E-state index contributed by atoms with van der Waals surface area (Å²) >= 11 is 0. The smallest absolute Gasteiger partial charge is 0.255 e. The van der Waals surface area contributed by atoms with Gasteiger partial charge in [0.15, 0.2) is 0 Å². The number of carbonyl (C=O) groups is 2. The predicted molar refractivity (Wildman–Crippen MR) is 105 cm³/mol. The minimum atomic E-state index is -0.427. The van der Waals surface area contributed by atoms with Crippen LogP contribution in [0.4, 0.5) is 14.5 Å². The molecule has 0 aliphatic carbocycles. The zero-order valence-corrected chi connectivity index (χ0v) is 15.3. The lowest BCUT2D eigenvalue weighted by molar-refractivity contribution is 0.0945. The number of nitrogens with one attached hydrogen (secondary N) is 2. The summed E-state index contributed by atoms with van der Waals surface area (Å²) in [5.74, 6) is -1.01. The molecule has 0 saturated carbocycles. The number of hydrogen-bond acceptors (Lipinski definition) is 3. The van der Waals surface area contributed by atoms with E-state index in [9.17, 15) is 18.4 Å². The molecule has 0 saturated heterocycles. The van der Waals surface area contributed by atoms with Gasteiger partial charge in [-0.2, -0.15) is 0 Å². The van der Waals surface area contributed by atoms with E-state index in [0.29, 0.717) is 22.6 Å². The second kappa shape index (κ2) is 9.45. The molecule has 2 amide bonds. The Hall–Kier alpha value is -3.74. The van der Waals surface area contributed by atoms with E-state index in [1.165, 1.54) is 54.6 Å². The van der Waals surface area contributed by atoms with E-state index in [4.69, 9.17) is 4.74 Å². The average molecular weight is 396 g/mol. The fraction of sp³-hybridized carbons (Fsp3) is 0.0909. The third-order valence-electron chi connectivity index (χ3n) is 3.96. The molecule has 0 aromatic heterocycles. The predicted octanol–water partition coefficient (Wildman–Crippen LogP) is 4.03. The van der Waals surface area contributed by atoms with Crippen LogP contribution in [-0.4, -0.2) is 25.0 Å². The second-order valence-electron chi connectivity index (χ2n) is 6.10. The number of hydrogen-bond donors (Lipinski definition) is 2. The van der Waals surface area contributed by atoms with Crippen molar-refractivity contribution in [2.24, 2.45) is 0 Å². The fourth-order valence-electron chi connectivity index (χ4n) is 2.51. The Balaban J connectivity index is 1.51. The minimum absolute atomic E-state index is 0.221. The Morgan fingerprint density at radius 3 is 2.14 bits per heavy atom. The van der Waals surface area contributed by atoms with Crippen LogP contribution in [0.2, 0.25) is 0 Å². The average Bonchev–Trinajstić information content (AvgIpc) is 2.73. The molecule has 0 fully saturated rings. The van der Waals surface area contributed by atoms with Crippen LogP contribution in [0.15, 0.2) is 72.8 Å². The number of rotatable bonds is 7. The summed E-state index contributed by atoms with van der Waals surface area (Å²) in [5, 5.41) is 5.38. The zero-order chi connectivity index (χ0) is 20.6. The third kappa shape index (κ3) is 5.87. The van der Waals surface area contributed by atoms with Crippen LogP contribution in [-0.2, 0) is 0 Å². The lowest BCUT2D eigenvalue weighted by Crippen LogP contribution is -2.28. The molecule has 148 valence electrons. The van der Waals surface area contributed by atoms with Crippen molar-refractivity contribution in [1.82, 2.24) is 5.32 Å². The molecule has 0 bridgehead atoms. The summed E-state index contributed by atoms with van der Waals surface area (Å²) in [6.07, 6.45) is 0. The molecule has 0 aliphatic heterocycles. The van der Waals surface area contributed by atoms with Crippen molar-refractivity contribution in [1.29, 1.82) is 0 Å². The Morgan fingerprint density at radius 1 is 0.793 bits per heavy atom. The van der Waals surface area contributed by atoms with Crippen LogP contribution in [0.5, 0.6) is 5.75 Å². The zero-order valence-electron chi connectivity index (χ0n) is 15.3. The van der Waals surface area contributed by atoms with E-state index in [1.54, 1.807) is 18.2 Å². The van der Waals surface area contributed by atoms with E-state index in [1.807, 2.05) is 0 Å². The molecule has 7 heteroatoms. The summed E-state index contributed by atoms with van der Waals surface area (Å²) in [5.41, 5.74) is 1.11. The number of carbonyl (C=O) groups excluding carboxylic acids is 2. The van der Waals surface area contributed by atoms with Crippen LogP contribution in [0.25, 0.3) is 0 Å². The maximum absolute atomic E-state index is 13.0. The monoisotopic (exact) mass is 396 g/mol. The van der Waals surface area contributed by atoms with Crippen molar-refractivity contribution >= 4 is 17.5 Å². The van der Waals surface area contributed by atoms with Gasteiger partial charge in [-0.05, 0) is 66.7 Å². The molecule has 0 spiro atoms. The number of anilines is 1. The Kier molecular flexibility index (Phi) is 6.52. The van der Waals surface area contributed by atoms with Gasteiger partial charge in [-0.25, -0.2) is 8.78 Å². The van der Waals surface area contributed by atoms with Gasteiger partial charge in [-0.3, -0.25) is 9.59 Å². The highest BCUT2D eigenvalue weighted by Gasteiger charge is 2.09. The summed E-state index contributed by atoms with van der Waals surface area (Å²) in [4.78, 5) is 24.5. The molecule has 3 aromatic rings. The first-order valence-corrected chi connectivity index (χ1v) is 8.85. The normalized spacial score (nSPS) is 10.3. The molecule has 0 atom stereocenters. The molecule has 0 radical (unpaired) electrons. The highest BCUT2D eigenvalue weighted by atomic mass is 19.1. The van der Waals surface area contributed by atoms with Crippen molar-refractivity contribution in [3.63, 3.8) is 0 Å². The van der Waals surface area contributed by atoms with Gasteiger partial charge in [-0.15, -0.1) is 0 Å². The Bertz CT molecular complexity index is 990. The highest BCUT2D eigenvalue weighted by Crippen LogP contribution is 2.13. The lowest BCUT2D eigenvalue weighted by Gasteiger charge is -2.09. The van der Waals surface area contributed by atoms with Crippen molar-refractivity contribution in [2.45, 2.75) is 0 Å². The van der Waals surface area contributed by atoms with Gasteiger partial charge in [0.1, 0.15) is 24.0 Å². The molecule has 0 heterocycles. The first-order chi connectivity index (χ1) is 14.0. The number of amides is 2. The van der Waals surface area contributed by atoms with Crippen LogP contribution in [0.3, 0.4) is 0 Å². The molecule has 5 nitrogen and oxygen atoms in total. The summed E-state index contributed by atoms with van der Waals surface area (Å²) in [6.45, 7) is 0.473. The molecule has 2 N–H and O–H groups in total. The summed E-state index contributed by atoms with van der Waals surface area (Å²) in [6, 6.07) is 17.2. The number of benzene rings is 3. The minimum Gasteiger partial charge on any atom is -0.492 e. The molecule has 0 aliphatic rings. The van der Waals surface area contributed by atoms with Crippen molar-refractivity contribution in [3.8, 4) is 5.75 Å². The molecule has 3 rings (SSSR count). The quantitative estimate of drug-likeness (QED) is 0.593. The van der Waals surface area contributed by atoms with Gasteiger partial charge in [0.2, 0.25) is 0 Å². The Labute approximate surface area is 166 Å². The summed E-state index contributed by atoms with van der Waals surface area (Å²) in [7, 11) is 0. The van der Waals surface area contributed by atoms with E-state index in [-0.39, 0.29) is 24.9 Å². The number of ether oxygens (including phenoxy) is 1. The summed E-state index contributed by atoms with van der Waals surface area (Å²) < 4.78 is 31.2. The van der Waals surface area contributed by atoms with Crippen molar-refractivity contribution in [2.75, 3.05) is 18.5 Å². The topological polar surface area (TPSA) is 67.4 Å². The largest absolute Gasteiger partial charge is 0.492 e. The molecule has 29 heavy (non-hydrogen) atoms. The van der Waals surface area contributed by atoms with E-state index in [2.05, 4.69) is 10.6 Å². The molecular weight excluding hydrogens is 378 g/mol. The van der Waals surface area contributed by atoms with Crippen molar-refractivity contribution in [3.05, 3.63) is 95.6 Å². The van der Waals surface area contributed by atoms with Gasteiger partial charge >= 0.3 is 0 Å². The van der Waals surface area contributed by atoms with Crippen LogP contribution >= 0.6 is 0 Å². The molecule has 3 aromatic carbocycles. The SMILES string of the molecule is O=C(NCCOc1ccc(F)cc1)c1cccc(NC(=O)c2ccc(F)cc2)c1. The third-order valence-corrected chi connectivity index (χ3v) is 3.96. The van der Waals surface area contributed by atoms with E-state index < -0.39 is 11.7 Å². The standard InChI is InChI=1S/C22H18F2N2O3/c23-17-6-4-15(5-7-17)22(28)26-19-3-1-2-16(14-19)21(27)25-12-13-29-20-10-8-18(24)9-11-20/h1-11,14H,12-13H2,(H,25,27)(H,26,28). The van der Waals surface area contributed by atoms with E-state index in [0.717, 1.165) is 0 Å². The van der Waals surface area contributed by atoms with Crippen molar-refractivity contribution < 1.29 is 23.1 Å². The van der Waals surface area contributed by atoms with Gasteiger partial charge in [0.25, 0.3) is 11.8 Å². The lowest BCUT2D eigenvalue weighted by atomic mass is 10.1. The van der Waals surface area contributed by atoms with Gasteiger partial charge < -0.3 is 15.4 Å². The second-order valence-corrected chi connectivity index (χ2v) is 6.10. The maximum Gasteiger partial charge on any atom is 0.255 e. The van der Waals surface area contributed by atoms with E-state index >= 15 is 0 Å². The van der Waals surface area contributed by atoms with Gasteiger partial charge in [-0.1, -0.05) is 6.07 Å². The van der Waals surface area contributed by atoms with Crippen LogP contribution in [0, 0.1) is 11.6 Å². The highest BCUT2D eigenvalue weighted by molar-refractivity contribution is 6.05. The first kappa shape index (κ1) is 20.0. The van der Waals surface area contributed by atoms with Crippen LogP contribution < -0.4 is 15.4 Å². The van der Waals surface area contributed by atoms with Crippen LogP contribution in [0.1, 0.15) is 20.7 Å². The number of halogens is 2. The van der Waals surface area contributed by atoms with Gasteiger partial charge in [0, 0.05) is 16.8 Å². The molecular formula is C22H18F2N2O3. The maximum atomic E-state index is 13.0. The molecule has 0 unspecified atom stereocenters. The fourth-order valence-corrected chi connectivity index (χ4v) is 2.51. The Morgan fingerprint density at radius 2 is 1.45 bits per heavy atom. The van der Waals surface area contributed by atoms with Gasteiger partial charge in [0.05, 0.1) is 6.54 Å².